The van der Waals surface area contributed by atoms with Crippen LogP contribution in [0, 0.1) is 6.92 Å². The lowest BCUT2D eigenvalue weighted by molar-refractivity contribution is 0.634. The van der Waals surface area contributed by atoms with Gasteiger partial charge in [-0.25, -0.2) is 4.98 Å². The third-order valence-corrected chi connectivity index (χ3v) is 5.14. The second-order valence-electron chi connectivity index (χ2n) is 6.90. The Balaban J connectivity index is 1.46. The van der Waals surface area contributed by atoms with E-state index in [0.29, 0.717) is 17.1 Å². The van der Waals surface area contributed by atoms with Crippen LogP contribution in [0.25, 0.3) is 0 Å². The first-order chi connectivity index (χ1) is 12.2. The summed E-state index contributed by atoms with van der Waals surface area (Å²) in [7, 11) is 0. The van der Waals surface area contributed by atoms with Crippen LogP contribution >= 0.6 is 12.2 Å². The first-order valence-corrected chi connectivity index (χ1v) is 9.33. The van der Waals surface area contributed by atoms with Gasteiger partial charge in [-0.3, -0.25) is 0 Å². The highest BCUT2D eigenvalue weighted by molar-refractivity contribution is 7.80. The zero-order valence-electron chi connectivity index (χ0n) is 14.5. The summed E-state index contributed by atoms with van der Waals surface area (Å²) >= 11 is 5.43. The van der Waals surface area contributed by atoms with Crippen molar-refractivity contribution in [2.24, 2.45) is 0 Å². The van der Waals surface area contributed by atoms with Gasteiger partial charge in [0.2, 0.25) is 5.95 Å². The number of nitrogens with one attached hydrogen (secondary N) is 2. The van der Waals surface area contributed by atoms with Crippen molar-refractivity contribution in [1.82, 2.24) is 15.3 Å². The number of aromatic nitrogens is 2. The van der Waals surface area contributed by atoms with Gasteiger partial charge in [0, 0.05) is 30.9 Å². The lowest BCUT2D eigenvalue weighted by atomic mass is 10.1. The number of anilines is 2. The molecule has 4 rings (SSSR count). The molecule has 130 valence electrons. The zero-order valence-corrected chi connectivity index (χ0v) is 15.3. The SMILES string of the molecule is Cc1cc(N2Cc3ccccc3C2)nc(NC(=S)NC2CCCC2)n1. The molecule has 2 aromatic rings. The second kappa shape index (κ2) is 6.96. The van der Waals surface area contributed by atoms with Gasteiger partial charge in [-0.2, -0.15) is 4.98 Å². The minimum Gasteiger partial charge on any atom is -0.360 e. The Morgan fingerprint density at radius 2 is 1.80 bits per heavy atom. The lowest BCUT2D eigenvalue weighted by Crippen LogP contribution is -2.36. The van der Waals surface area contributed by atoms with E-state index in [1.807, 2.05) is 13.0 Å². The van der Waals surface area contributed by atoms with Gasteiger partial charge in [-0.1, -0.05) is 37.1 Å². The number of nitrogens with zero attached hydrogens (tertiary/aromatic N) is 3. The monoisotopic (exact) mass is 353 g/mol. The lowest BCUT2D eigenvalue weighted by Gasteiger charge is -2.19. The maximum absolute atomic E-state index is 5.43. The highest BCUT2D eigenvalue weighted by atomic mass is 32.1. The Labute approximate surface area is 153 Å². The molecule has 0 bridgehead atoms. The maximum Gasteiger partial charge on any atom is 0.231 e. The molecule has 1 saturated carbocycles. The average molecular weight is 353 g/mol. The predicted octanol–water partition coefficient (Wildman–Crippen LogP) is 3.53. The van der Waals surface area contributed by atoms with Gasteiger partial charge < -0.3 is 15.5 Å². The van der Waals surface area contributed by atoms with E-state index in [2.05, 4.69) is 49.8 Å². The van der Waals surface area contributed by atoms with E-state index in [-0.39, 0.29) is 0 Å². The molecule has 0 amide bonds. The van der Waals surface area contributed by atoms with Crippen molar-refractivity contribution in [2.45, 2.75) is 51.7 Å². The summed E-state index contributed by atoms with van der Waals surface area (Å²) in [5, 5.41) is 7.16. The van der Waals surface area contributed by atoms with Gasteiger partial charge in [-0.15, -0.1) is 0 Å². The first-order valence-electron chi connectivity index (χ1n) is 8.92. The van der Waals surface area contributed by atoms with E-state index in [0.717, 1.165) is 24.6 Å². The molecule has 1 aliphatic heterocycles. The van der Waals surface area contributed by atoms with Crippen LogP contribution in [-0.4, -0.2) is 21.1 Å². The van der Waals surface area contributed by atoms with Crippen molar-refractivity contribution in [3.63, 3.8) is 0 Å². The van der Waals surface area contributed by atoms with Crippen molar-refractivity contribution < 1.29 is 0 Å². The fourth-order valence-corrected chi connectivity index (χ4v) is 3.92. The minimum absolute atomic E-state index is 0.484. The number of fused-ring (bicyclic) bond motifs is 1. The summed E-state index contributed by atoms with van der Waals surface area (Å²) in [6, 6.07) is 11.1. The fourth-order valence-electron chi connectivity index (χ4n) is 3.66. The number of hydrogen-bond acceptors (Lipinski definition) is 4. The van der Waals surface area contributed by atoms with Gasteiger partial charge in [0.05, 0.1) is 0 Å². The summed E-state index contributed by atoms with van der Waals surface area (Å²) in [5.41, 5.74) is 3.67. The molecule has 0 radical (unpaired) electrons. The van der Waals surface area contributed by atoms with Crippen LogP contribution in [0.3, 0.4) is 0 Å². The summed E-state index contributed by atoms with van der Waals surface area (Å²) < 4.78 is 0. The van der Waals surface area contributed by atoms with E-state index in [1.54, 1.807) is 0 Å². The number of thiocarbonyl (C=S) groups is 1. The number of rotatable bonds is 3. The van der Waals surface area contributed by atoms with Gasteiger partial charge in [-0.05, 0) is 43.1 Å². The Morgan fingerprint density at radius 1 is 1.12 bits per heavy atom. The van der Waals surface area contributed by atoms with Gasteiger partial charge >= 0.3 is 0 Å². The molecule has 1 aromatic carbocycles. The maximum atomic E-state index is 5.43. The number of hydrogen-bond donors (Lipinski definition) is 2. The molecule has 2 heterocycles. The van der Waals surface area contributed by atoms with Crippen LogP contribution < -0.4 is 15.5 Å². The Morgan fingerprint density at radius 3 is 2.48 bits per heavy atom. The molecule has 2 aliphatic rings. The third-order valence-electron chi connectivity index (χ3n) is 4.92. The molecular formula is C19H23N5S. The Kier molecular flexibility index (Phi) is 4.53. The summed E-state index contributed by atoms with van der Waals surface area (Å²) in [5.74, 6) is 1.51. The van der Waals surface area contributed by atoms with Crippen molar-refractivity contribution in [3.8, 4) is 0 Å². The van der Waals surface area contributed by atoms with Gasteiger partial charge in [0.1, 0.15) is 5.82 Å². The summed E-state index contributed by atoms with van der Waals surface area (Å²) in [6.07, 6.45) is 4.93. The number of benzene rings is 1. The van der Waals surface area contributed by atoms with E-state index < -0.39 is 0 Å². The Hall–Kier alpha value is -2.21. The number of aryl methyl sites for hydroxylation is 1. The van der Waals surface area contributed by atoms with E-state index in [9.17, 15) is 0 Å². The van der Waals surface area contributed by atoms with Crippen LogP contribution in [0.4, 0.5) is 11.8 Å². The minimum atomic E-state index is 0.484. The van der Waals surface area contributed by atoms with Crippen molar-refractivity contribution >= 4 is 29.1 Å². The average Bonchev–Trinajstić information content (AvgIpc) is 3.23. The van der Waals surface area contributed by atoms with E-state index in [1.165, 1.54) is 36.8 Å². The molecule has 0 saturated heterocycles. The van der Waals surface area contributed by atoms with Gasteiger partial charge in [0.15, 0.2) is 5.11 Å². The highest BCUT2D eigenvalue weighted by Gasteiger charge is 2.21. The van der Waals surface area contributed by atoms with E-state index in [4.69, 9.17) is 12.2 Å². The molecule has 2 N–H and O–H groups in total. The van der Waals surface area contributed by atoms with Crippen LogP contribution in [0.2, 0.25) is 0 Å². The summed E-state index contributed by atoms with van der Waals surface area (Å²) in [4.78, 5) is 11.5. The van der Waals surface area contributed by atoms with Crippen molar-refractivity contribution in [3.05, 3.63) is 47.2 Å². The molecule has 6 heteroatoms. The van der Waals surface area contributed by atoms with Crippen LogP contribution in [0.1, 0.15) is 42.5 Å². The molecule has 0 atom stereocenters. The van der Waals surface area contributed by atoms with Crippen molar-refractivity contribution in [1.29, 1.82) is 0 Å². The van der Waals surface area contributed by atoms with Crippen molar-refractivity contribution in [2.75, 3.05) is 10.2 Å². The third kappa shape index (κ3) is 3.74. The summed E-state index contributed by atoms with van der Waals surface area (Å²) in [6.45, 7) is 3.76. The zero-order chi connectivity index (χ0) is 17.2. The van der Waals surface area contributed by atoms with Crippen LogP contribution in [0.15, 0.2) is 30.3 Å². The molecule has 25 heavy (non-hydrogen) atoms. The largest absolute Gasteiger partial charge is 0.360 e. The predicted molar refractivity (Wildman–Crippen MR) is 105 cm³/mol. The second-order valence-corrected chi connectivity index (χ2v) is 7.30. The molecular weight excluding hydrogens is 330 g/mol. The molecule has 1 aromatic heterocycles. The standard InChI is InChI=1S/C19H23N5S/c1-13-10-17(24-11-14-6-2-3-7-15(14)12-24)22-18(20-13)23-19(25)21-16-8-4-5-9-16/h2-3,6-7,10,16H,4-5,8-9,11-12H2,1H3,(H2,20,21,22,23,25). The smallest absolute Gasteiger partial charge is 0.231 e. The molecule has 0 unspecified atom stereocenters. The molecule has 5 nitrogen and oxygen atoms in total. The topological polar surface area (TPSA) is 53.1 Å². The quantitative estimate of drug-likeness (QED) is 0.823. The molecule has 0 spiro atoms. The normalized spacial score (nSPS) is 16.8. The van der Waals surface area contributed by atoms with Crippen LogP contribution in [-0.2, 0) is 13.1 Å². The van der Waals surface area contributed by atoms with Crippen LogP contribution in [0.5, 0.6) is 0 Å². The Bertz CT molecular complexity index is 760. The van der Waals surface area contributed by atoms with Gasteiger partial charge in [0.25, 0.3) is 0 Å². The fraction of sp³-hybridized carbons (Fsp3) is 0.421. The highest BCUT2D eigenvalue weighted by Crippen LogP contribution is 2.27. The van der Waals surface area contributed by atoms with E-state index >= 15 is 0 Å². The molecule has 1 fully saturated rings. The first kappa shape index (κ1) is 16.3. The molecule has 1 aliphatic carbocycles.